The molecule has 18 heteroatoms. The molecule has 0 aliphatic carbocycles. The van der Waals surface area contributed by atoms with Crippen molar-refractivity contribution in [2.45, 2.75) is 31.7 Å². The quantitative estimate of drug-likeness (QED) is 0.0655. The Bertz CT molecular complexity index is 2770. The second kappa shape index (κ2) is 23.1. The summed E-state index contributed by atoms with van der Waals surface area (Å²) in [4.78, 5) is 85.4. The number of piperazine rings is 1. The molecule has 1 unspecified atom stereocenters. The van der Waals surface area contributed by atoms with E-state index in [4.69, 9.17) is 18.9 Å². The predicted molar refractivity (Wildman–Crippen MR) is 255 cm³/mol. The maximum atomic E-state index is 13.5. The van der Waals surface area contributed by atoms with Gasteiger partial charge < -0.3 is 39.4 Å². The minimum Gasteiger partial charge on any atom is -0.384 e. The highest BCUT2D eigenvalue weighted by Gasteiger charge is 2.45. The molecular weight excluding hydrogens is 885 g/mol. The summed E-state index contributed by atoms with van der Waals surface area (Å²) < 4.78 is 22.4. The third-order valence-electron chi connectivity index (χ3n) is 12.3. The minimum absolute atomic E-state index is 0.0121. The minimum atomic E-state index is -1.03. The van der Waals surface area contributed by atoms with Gasteiger partial charge in [-0.25, -0.2) is 0 Å². The van der Waals surface area contributed by atoms with Crippen LogP contribution in [0, 0.1) is 11.3 Å². The number of fused-ring (bicyclic) bond motifs is 3. The van der Waals surface area contributed by atoms with Crippen LogP contribution in [-0.2, 0) is 39.8 Å². The van der Waals surface area contributed by atoms with Gasteiger partial charge in [-0.2, -0.15) is 5.26 Å². The molecule has 2 fully saturated rings. The molecule has 6 amide bonds. The monoisotopic (exact) mass is 938 g/mol. The van der Waals surface area contributed by atoms with Gasteiger partial charge >= 0.3 is 0 Å². The number of aromatic nitrogens is 1. The first-order chi connectivity index (χ1) is 33.7. The van der Waals surface area contributed by atoms with Gasteiger partial charge in [0.2, 0.25) is 17.7 Å². The Morgan fingerprint density at radius 2 is 1.42 bits per heavy atom. The molecule has 0 spiro atoms. The van der Waals surface area contributed by atoms with Gasteiger partial charge in [-0.05, 0) is 77.7 Å². The van der Waals surface area contributed by atoms with Gasteiger partial charge in [-0.3, -0.25) is 44.0 Å². The van der Waals surface area contributed by atoms with Crippen LogP contribution in [-0.4, -0.2) is 153 Å². The van der Waals surface area contributed by atoms with Crippen LogP contribution < -0.4 is 16.0 Å². The molecule has 3 N–H and O–H groups in total. The summed E-state index contributed by atoms with van der Waals surface area (Å²) in [7, 11) is 0. The number of amides is 6. The molecule has 0 radical (unpaired) electrons. The molecule has 1 atom stereocenters. The lowest BCUT2D eigenvalue weighted by Gasteiger charge is -2.35. The molecule has 0 bridgehead atoms. The van der Waals surface area contributed by atoms with E-state index < -0.39 is 29.7 Å². The summed E-state index contributed by atoms with van der Waals surface area (Å²) >= 11 is 0. The summed E-state index contributed by atoms with van der Waals surface area (Å²) in [5, 5.41) is 21.1. The lowest BCUT2D eigenvalue weighted by Crippen LogP contribution is -2.54. The number of ether oxygens (including phenoxy) is 4. The van der Waals surface area contributed by atoms with Crippen molar-refractivity contribution in [3.8, 4) is 6.07 Å². The van der Waals surface area contributed by atoms with Crippen LogP contribution in [0.1, 0.15) is 61.5 Å². The van der Waals surface area contributed by atoms with E-state index in [2.05, 4.69) is 39.1 Å². The van der Waals surface area contributed by atoms with Gasteiger partial charge in [0.1, 0.15) is 6.04 Å². The van der Waals surface area contributed by atoms with Crippen molar-refractivity contribution in [3.05, 3.63) is 113 Å². The number of anilines is 2. The number of hydrogen-bond acceptors (Lipinski definition) is 14. The van der Waals surface area contributed by atoms with Crippen molar-refractivity contribution < 1.29 is 47.7 Å². The van der Waals surface area contributed by atoms with Crippen molar-refractivity contribution >= 4 is 68.5 Å². The summed E-state index contributed by atoms with van der Waals surface area (Å²) in [5.41, 5.74) is 5.00. The Kier molecular flexibility index (Phi) is 16.2. The maximum Gasteiger partial charge on any atom is 0.264 e. The van der Waals surface area contributed by atoms with Crippen LogP contribution in [0.2, 0.25) is 0 Å². The van der Waals surface area contributed by atoms with E-state index in [1.165, 1.54) is 0 Å². The van der Waals surface area contributed by atoms with E-state index in [9.17, 15) is 34.0 Å². The number of rotatable bonds is 22. The van der Waals surface area contributed by atoms with E-state index >= 15 is 0 Å². The van der Waals surface area contributed by atoms with E-state index in [0.29, 0.717) is 102 Å². The zero-order chi connectivity index (χ0) is 48.1. The van der Waals surface area contributed by atoms with Crippen LogP contribution in [0.4, 0.5) is 11.4 Å². The normalized spacial score (nSPS) is 15.9. The second-order valence-electron chi connectivity index (χ2n) is 16.7. The summed E-state index contributed by atoms with van der Waals surface area (Å²) in [6.07, 6.45) is 2.94. The number of nitrogens with zero attached hydrogens (tertiary/aromatic N) is 5. The van der Waals surface area contributed by atoms with Gasteiger partial charge in [-0.1, -0.05) is 30.3 Å². The predicted octanol–water partition coefficient (Wildman–Crippen LogP) is 4.17. The van der Waals surface area contributed by atoms with Crippen molar-refractivity contribution in [3.63, 3.8) is 0 Å². The zero-order valence-electron chi connectivity index (χ0n) is 38.2. The van der Waals surface area contributed by atoms with E-state index in [-0.39, 0.29) is 48.8 Å². The van der Waals surface area contributed by atoms with Crippen LogP contribution in [0.25, 0.3) is 21.7 Å². The summed E-state index contributed by atoms with van der Waals surface area (Å²) in [5.74, 6) is -2.28. The number of imide groups is 2. The molecule has 2 saturated heterocycles. The Labute approximate surface area is 398 Å². The van der Waals surface area contributed by atoms with Gasteiger partial charge in [0.15, 0.2) is 0 Å². The molecule has 8 rings (SSSR count). The molecule has 5 aromatic rings. The van der Waals surface area contributed by atoms with Gasteiger partial charge in [0, 0.05) is 74.2 Å². The fraction of sp³-hybridized carbons (Fsp3) is 0.373. The fourth-order valence-electron chi connectivity index (χ4n) is 8.64. The highest BCUT2D eigenvalue weighted by molar-refractivity contribution is 6.25. The Morgan fingerprint density at radius 3 is 2.17 bits per heavy atom. The standard InChI is InChI=1S/C51H54N8O10/c52-33-35-5-9-41-40(31-35)42(13-16-54-41)53-15-12-34-4-6-37-32-38(8-7-36(37)30-34)49(63)58-20-18-57(19-21-58)46(61)14-22-66-24-26-68-28-29-69-27-25-67-23-17-55-43-3-1-2-39-47(43)51(65)59(50(39)64)44-10-11-45(60)56-48(44)62/h1-9,13,16,30-32,44,55H,10-12,14-15,17-29H2,(H,53,54)(H,56,60,62). The number of nitrogens with one attached hydrogen (secondary N) is 3. The zero-order valence-corrected chi connectivity index (χ0v) is 38.2. The first-order valence-corrected chi connectivity index (χ1v) is 23.2. The van der Waals surface area contributed by atoms with Crippen molar-refractivity contribution in [1.82, 2.24) is 25.0 Å². The van der Waals surface area contributed by atoms with E-state index in [1.807, 2.05) is 42.5 Å². The van der Waals surface area contributed by atoms with Crippen molar-refractivity contribution in [1.29, 1.82) is 5.26 Å². The number of piperidine rings is 1. The highest BCUT2D eigenvalue weighted by Crippen LogP contribution is 2.32. The molecule has 3 aliphatic rings. The average Bonchev–Trinajstić information content (AvgIpc) is 3.62. The number of nitriles is 1. The fourth-order valence-corrected chi connectivity index (χ4v) is 8.64. The number of pyridine rings is 1. The smallest absolute Gasteiger partial charge is 0.264 e. The SMILES string of the molecule is N#Cc1ccc2nccc(NCCc3ccc4cc(C(=O)N5CCN(C(=O)CCOCCOCCOCCOCCNc6cccc7c6C(=O)N(C6CCC(=O)NC6=O)C7=O)CC5)ccc4c3)c2c1. The van der Waals surface area contributed by atoms with E-state index in [1.54, 1.807) is 40.3 Å². The molecule has 4 heterocycles. The molecule has 0 saturated carbocycles. The average molecular weight is 939 g/mol. The molecule has 1 aromatic heterocycles. The highest BCUT2D eigenvalue weighted by atomic mass is 16.6. The number of carbonyl (C=O) groups is 6. The van der Waals surface area contributed by atoms with Crippen LogP contribution >= 0.6 is 0 Å². The Morgan fingerprint density at radius 1 is 0.725 bits per heavy atom. The molecule has 18 nitrogen and oxygen atoms in total. The van der Waals surface area contributed by atoms with E-state index in [0.717, 1.165) is 44.2 Å². The summed E-state index contributed by atoms with van der Waals surface area (Å²) in [6, 6.07) is 25.5. The maximum absolute atomic E-state index is 13.5. The number of hydrogen-bond donors (Lipinski definition) is 3. The van der Waals surface area contributed by atoms with Gasteiger partial charge in [0.05, 0.1) is 87.6 Å². The summed E-state index contributed by atoms with van der Waals surface area (Å²) in [6.45, 7) is 5.60. The van der Waals surface area contributed by atoms with Crippen LogP contribution in [0.15, 0.2) is 85.1 Å². The lowest BCUT2D eigenvalue weighted by atomic mass is 10.0. The lowest BCUT2D eigenvalue weighted by molar-refractivity contribution is -0.136. The molecular formula is C51H54N8O10. The Balaban J connectivity index is 0.638. The number of benzene rings is 4. The van der Waals surface area contributed by atoms with Crippen molar-refractivity contribution in [2.75, 3.05) is 103 Å². The Hall–Kier alpha value is -7.30. The molecule has 69 heavy (non-hydrogen) atoms. The molecule has 358 valence electrons. The first-order valence-electron chi connectivity index (χ1n) is 23.2. The second-order valence-corrected chi connectivity index (χ2v) is 16.7. The third kappa shape index (κ3) is 11.9. The molecule has 3 aliphatic heterocycles. The molecule has 4 aromatic carbocycles. The van der Waals surface area contributed by atoms with Gasteiger partial charge in [-0.15, -0.1) is 0 Å². The topological polar surface area (TPSA) is 222 Å². The first kappa shape index (κ1) is 48.2. The van der Waals surface area contributed by atoms with Crippen molar-refractivity contribution in [2.24, 2.45) is 0 Å². The number of carbonyl (C=O) groups excluding carboxylic acids is 6. The van der Waals surface area contributed by atoms with Crippen LogP contribution in [0.5, 0.6) is 0 Å². The third-order valence-corrected chi connectivity index (χ3v) is 12.3. The van der Waals surface area contributed by atoms with Gasteiger partial charge in [0.25, 0.3) is 17.7 Å². The van der Waals surface area contributed by atoms with Crippen LogP contribution in [0.3, 0.4) is 0 Å². The largest absolute Gasteiger partial charge is 0.384 e.